The van der Waals surface area contributed by atoms with Crippen molar-refractivity contribution in [2.45, 2.75) is 0 Å². The molecule has 0 fully saturated rings. The summed E-state index contributed by atoms with van der Waals surface area (Å²) in [6, 6.07) is 13.2. The number of aromatic hydroxyl groups is 2. The maximum Gasteiger partial charge on any atom is 0.220 e. The van der Waals surface area contributed by atoms with Crippen LogP contribution in [-0.2, 0) is 0 Å². The lowest BCUT2D eigenvalue weighted by molar-refractivity contribution is 0.434. The minimum atomic E-state index is -0.717. The number of pyridine rings is 2. The van der Waals surface area contributed by atoms with E-state index in [1.807, 2.05) is 12.1 Å². The first-order valence-corrected chi connectivity index (χ1v) is 7.26. The van der Waals surface area contributed by atoms with E-state index in [-0.39, 0.29) is 11.4 Å². The van der Waals surface area contributed by atoms with Crippen molar-refractivity contribution in [3.63, 3.8) is 0 Å². The molecule has 3 heterocycles. The number of imidazole rings is 1. The SMILES string of the molecule is Oc1ncccc1-c1nc(-c2cccc(F)c2O)n2ccccc12. The molecule has 24 heavy (non-hydrogen) atoms. The van der Waals surface area contributed by atoms with Gasteiger partial charge in [-0.2, -0.15) is 0 Å². The Morgan fingerprint density at radius 1 is 0.917 bits per heavy atom. The summed E-state index contributed by atoms with van der Waals surface area (Å²) in [7, 11) is 0. The van der Waals surface area contributed by atoms with Crippen molar-refractivity contribution in [1.29, 1.82) is 0 Å². The van der Waals surface area contributed by atoms with Gasteiger partial charge in [-0.25, -0.2) is 14.4 Å². The molecule has 0 aliphatic heterocycles. The second kappa shape index (κ2) is 5.34. The van der Waals surface area contributed by atoms with Crippen LogP contribution >= 0.6 is 0 Å². The molecule has 118 valence electrons. The first-order chi connectivity index (χ1) is 11.7. The van der Waals surface area contributed by atoms with Crippen LogP contribution in [0.25, 0.3) is 28.2 Å². The molecule has 0 radical (unpaired) electrons. The molecule has 4 rings (SSSR count). The highest BCUT2D eigenvalue weighted by atomic mass is 19.1. The zero-order chi connectivity index (χ0) is 16.7. The Hall–Kier alpha value is -3.41. The highest BCUT2D eigenvalue weighted by molar-refractivity contribution is 5.84. The fraction of sp³-hybridized carbons (Fsp3) is 0. The summed E-state index contributed by atoms with van der Waals surface area (Å²) in [5, 5.41) is 20.1. The lowest BCUT2D eigenvalue weighted by Gasteiger charge is -2.04. The zero-order valence-electron chi connectivity index (χ0n) is 12.4. The minimum absolute atomic E-state index is 0.142. The van der Waals surface area contributed by atoms with Crippen LogP contribution in [0.3, 0.4) is 0 Å². The van der Waals surface area contributed by atoms with Gasteiger partial charge in [0.1, 0.15) is 11.5 Å². The summed E-state index contributed by atoms with van der Waals surface area (Å²) >= 11 is 0. The normalized spacial score (nSPS) is 11.0. The van der Waals surface area contributed by atoms with Crippen LogP contribution in [-0.4, -0.2) is 24.6 Å². The van der Waals surface area contributed by atoms with Crippen molar-refractivity contribution >= 4 is 5.52 Å². The smallest absolute Gasteiger partial charge is 0.220 e. The molecule has 4 aromatic rings. The van der Waals surface area contributed by atoms with E-state index < -0.39 is 11.6 Å². The van der Waals surface area contributed by atoms with Crippen molar-refractivity contribution in [3.8, 4) is 34.3 Å². The first-order valence-electron chi connectivity index (χ1n) is 7.26. The Morgan fingerprint density at radius 3 is 2.58 bits per heavy atom. The van der Waals surface area contributed by atoms with E-state index in [4.69, 9.17) is 0 Å². The van der Waals surface area contributed by atoms with Gasteiger partial charge in [0.25, 0.3) is 0 Å². The molecule has 5 nitrogen and oxygen atoms in total. The third-order valence-corrected chi connectivity index (χ3v) is 3.82. The van der Waals surface area contributed by atoms with Crippen molar-refractivity contribution in [2.75, 3.05) is 0 Å². The second-order valence-electron chi connectivity index (χ2n) is 5.25. The molecule has 0 atom stereocenters. The Morgan fingerprint density at radius 2 is 1.75 bits per heavy atom. The Bertz CT molecular complexity index is 1060. The molecule has 0 aliphatic carbocycles. The number of aromatic nitrogens is 3. The molecule has 0 spiro atoms. The molecule has 2 N–H and O–H groups in total. The molecule has 0 saturated carbocycles. The number of hydrogen-bond acceptors (Lipinski definition) is 4. The summed E-state index contributed by atoms with van der Waals surface area (Å²) in [5.74, 6) is -0.946. The summed E-state index contributed by atoms with van der Waals surface area (Å²) in [4.78, 5) is 8.40. The molecule has 6 heteroatoms. The van der Waals surface area contributed by atoms with Gasteiger partial charge in [0.2, 0.25) is 5.88 Å². The van der Waals surface area contributed by atoms with Crippen molar-refractivity contribution in [1.82, 2.24) is 14.4 Å². The predicted molar refractivity (Wildman–Crippen MR) is 87.1 cm³/mol. The fourth-order valence-electron chi connectivity index (χ4n) is 2.70. The van der Waals surface area contributed by atoms with Gasteiger partial charge in [-0.1, -0.05) is 12.1 Å². The summed E-state index contributed by atoms with van der Waals surface area (Å²) in [6.07, 6.45) is 3.25. The monoisotopic (exact) mass is 321 g/mol. The highest BCUT2D eigenvalue weighted by Crippen LogP contribution is 2.36. The topological polar surface area (TPSA) is 70.7 Å². The number of benzene rings is 1. The average Bonchev–Trinajstić information content (AvgIpc) is 2.97. The van der Waals surface area contributed by atoms with E-state index in [9.17, 15) is 14.6 Å². The number of phenolic OH excluding ortho intramolecular Hbond substituents is 1. The van der Waals surface area contributed by atoms with Crippen molar-refractivity contribution in [3.05, 3.63) is 66.7 Å². The van der Waals surface area contributed by atoms with Crippen LogP contribution < -0.4 is 0 Å². The molecule has 0 aliphatic rings. The summed E-state index contributed by atoms with van der Waals surface area (Å²) in [6.45, 7) is 0. The van der Waals surface area contributed by atoms with Crippen LogP contribution in [0.1, 0.15) is 0 Å². The standard InChI is InChI=1S/C18H12FN3O2/c19-13-7-3-5-12(16(13)23)17-21-15(11-6-4-9-20-18(11)24)14-8-1-2-10-22(14)17/h1-10,23H,(H,20,24). The lowest BCUT2D eigenvalue weighted by atomic mass is 10.2. The lowest BCUT2D eigenvalue weighted by Crippen LogP contribution is -1.90. The van der Waals surface area contributed by atoms with Crippen LogP contribution in [0.2, 0.25) is 0 Å². The van der Waals surface area contributed by atoms with Gasteiger partial charge in [0.15, 0.2) is 11.6 Å². The van der Waals surface area contributed by atoms with Gasteiger partial charge < -0.3 is 10.2 Å². The van der Waals surface area contributed by atoms with Crippen LogP contribution in [0, 0.1) is 5.82 Å². The Kier molecular flexibility index (Phi) is 3.16. The zero-order valence-corrected chi connectivity index (χ0v) is 12.4. The third kappa shape index (κ3) is 2.08. The van der Waals surface area contributed by atoms with Crippen LogP contribution in [0.4, 0.5) is 4.39 Å². The maximum absolute atomic E-state index is 13.7. The number of para-hydroxylation sites is 1. The van der Waals surface area contributed by atoms with Gasteiger partial charge in [-0.3, -0.25) is 4.40 Å². The molecule has 1 aromatic carbocycles. The number of nitrogens with zero attached hydrogens (tertiary/aromatic N) is 3. The molecular formula is C18H12FN3O2. The van der Waals surface area contributed by atoms with E-state index in [1.165, 1.54) is 18.3 Å². The van der Waals surface area contributed by atoms with Crippen LogP contribution in [0.5, 0.6) is 11.6 Å². The van der Waals surface area contributed by atoms with Gasteiger partial charge >= 0.3 is 0 Å². The van der Waals surface area contributed by atoms with E-state index >= 15 is 0 Å². The quantitative estimate of drug-likeness (QED) is 0.591. The van der Waals surface area contributed by atoms with Crippen LogP contribution in [0.15, 0.2) is 60.9 Å². The molecule has 0 amide bonds. The van der Waals surface area contributed by atoms with Gasteiger partial charge in [-0.15, -0.1) is 0 Å². The Balaban J connectivity index is 2.06. The third-order valence-electron chi connectivity index (χ3n) is 3.82. The van der Waals surface area contributed by atoms with Gasteiger partial charge in [0.05, 0.1) is 16.6 Å². The highest BCUT2D eigenvalue weighted by Gasteiger charge is 2.19. The average molecular weight is 321 g/mol. The number of fused-ring (bicyclic) bond motifs is 1. The van der Waals surface area contributed by atoms with E-state index in [1.54, 1.807) is 34.9 Å². The maximum atomic E-state index is 13.7. The largest absolute Gasteiger partial charge is 0.504 e. The minimum Gasteiger partial charge on any atom is -0.504 e. The van der Waals surface area contributed by atoms with E-state index in [2.05, 4.69) is 9.97 Å². The molecular weight excluding hydrogens is 309 g/mol. The van der Waals surface area contributed by atoms with E-state index in [0.29, 0.717) is 22.6 Å². The van der Waals surface area contributed by atoms with Gasteiger partial charge in [-0.05, 0) is 36.4 Å². The molecule has 0 bridgehead atoms. The first kappa shape index (κ1) is 14.2. The number of hydrogen-bond donors (Lipinski definition) is 2. The number of rotatable bonds is 2. The summed E-state index contributed by atoms with van der Waals surface area (Å²) in [5.41, 5.74) is 1.94. The molecule has 3 aromatic heterocycles. The second-order valence-corrected chi connectivity index (χ2v) is 5.25. The number of phenols is 1. The van der Waals surface area contributed by atoms with Gasteiger partial charge in [0, 0.05) is 12.4 Å². The van der Waals surface area contributed by atoms with E-state index in [0.717, 1.165) is 0 Å². The number of halogens is 1. The fourth-order valence-corrected chi connectivity index (χ4v) is 2.70. The predicted octanol–water partition coefficient (Wildman–Crippen LogP) is 3.61. The van der Waals surface area contributed by atoms with Crippen molar-refractivity contribution < 1.29 is 14.6 Å². The van der Waals surface area contributed by atoms with Crippen molar-refractivity contribution in [2.24, 2.45) is 0 Å². The molecule has 0 saturated heterocycles. The summed E-state index contributed by atoms with van der Waals surface area (Å²) < 4.78 is 15.5. The Labute approximate surface area is 136 Å². The molecule has 0 unspecified atom stereocenters.